The molecule has 1 amide bonds. The Balaban J connectivity index is 2.26. The number of carbonyl (C=O) groups is 1. The van der Waals surface area contributed by atoms with Crippen LogP contribution in [0.3, 0.4) is 0 Å². The molecule has 16 heavy (non-hydrogen) atoms. The Morgan fingerprint density at radius 3 is 2.81 bits per heavy atom. The molecule has 0 aromatic carbocycles. The van der Waals surface area contributed by atoms with Gasteiger partial charge in [-0.25, -0.2) is 10.2 Å². The van der Waals surface area contributed by atoms with Crippen LogP contribution >= 0.6 is 34.8 Å². The zero-order valence-electron chi connectivity index (χ0n) is 7.78. The first kappa shape index (κ1) is 13.1. The summed E-state index contributed by atoms with van der Waals surface area (Å²) in [5.41, 5.74) is 4.64. The van der Waals surface area contributed by atoms with E-state index >= 15 is 0 Å². The fourth-order valence-corrected chi connectivity index (χ4v) is 0.830. The fraction of sp³-hybridized carbons (Fsp3) is 0.286. The molecule has 0 aliphatic rings. The van der Waals surface area contributed by atoms with E-state index in [1.165, 1.54) is 6.20 Å². The number of alkyl halides is 3. The number of carbonyl (C=O) groups excluding carboxylic acids is 1. The highest BCUT2D eigenvalue weighted by molar-refractivity contribution is 6.67. The minimum absolute atomic E-state index is 0.355. The van der Waals surface area contributed by atoms with E-state index in [0.29, 0.717) is 5.82 Å². The van der Waals surface area contributed by atoms with Crippen LogP contribution in [0.15, 0.2) is 18.3 Å². The van der Waals surface area contributed by atoms with Gasteiger partial charge in [0.1, 0.15) is 6.61 Å². The first-order valence-corrected chi connectivity index (χ1v) is 5.14. The third-order valence-corrected chi connectivity index (χ3v) is 1.56. The normalized spacial score (nSPS) is 10.7. The van der Waals surface area contributed by atoms with Crippen molar-refractivity contribution >= 4 is 46.7 Å². The Hall–Kier alpha value is -0.980. The Morgan fingerprint density at radius 2 is 2.25 bits per heavy atom. The van der Waals surface area contributed by atoms with Crippen LogP contribution in [0.25, 0.3) is 0 Å². The number of hydrogen-bond donors (Lipinski definition) is 2. The highest BCUT2D eigenvalue weighted by Gasteiger charge is 2.21. The van der Waals surface area contributed by atoms with Crippen molar-refractivity contribution in [2.45, 2.75) is 3.79 Å². The van der Waals surface area contributed by atoms with Gasteiger partial charge in [-0.1, -0.05) is 34.8 Å². The Bertz CT molecular complexity index is 343. The molecule has 0 atom stereocenters. The van der Waals surface area contributed by atoms with Crippen LogP contribution < -0.4 is 10.9 Å². The lowest BCUT2D eigenvalue weighted by atomic mass is 10.5. The quantitative estimate of drug-likeness (QED) is 0.655. The maximum Gasteiger partial charge on any atom is 0.426 e. The fourth-order valence-electron chi connectivity index (χ4n) is 0.667. The van der Waals surface area contributed by atoms with Gasteiger partial charge in [0.25, 0.3) is 0 Å². The van der Waals surface area contributed by atoms with Gasteiger partial charge < -0.3 is 4.74 Å². The van der Waals surface area contributed by atoms with Crippen LogP contribution in [-0.2, 0) is 4.74 Å². The number of aromatic nitrogens is 2. The summed E-state index contributed by atoms with van der Waals surface area (Å²) in [4.78, 5) is 11.0. The summed E-state index contributed by atoms with van der Waals surface area (Å²) < 4.78 is 2.94. The number of hydrazine groups is 1. The third-order valence-electron chi connectivity index (χ3n) is 1.23. The van der Waals surface area contributed by atoms with Gasteiger partial charge in [0, 0.05) is 6.20 Å². The van der Waals surface area contributed by atoms with E-state index in [2.05, 4.69) is 25.8 Å². The Labute approximate surface area is 106 Å². The SMILES string of the molecule is O=C(NNc1cccnn1)OCC(Cl)(Cl)Cl. The highest BCUT2D eigenvalue weighted by Crippen LogP contribution is 2.25. The first-order chi connectivity index (χ1) is 7.47. The number of halogens is 3. The number of rotatable bonds is 3. The standard InChI is InChI=1S/C7H7Cl3N4O2/c8-7(9,10)4-16-6(15)14-13-5-2-1-3-11-12-5/h1-3H,4H2,(H,12,13)(H,14,15). The lowest BCUT2D eigenvalue weighted by Gasteiger charge is -2.12. The molecule has 88 valence electrons. The molecule has 0 spiro atoms. The molecule has 1 aromatic rings. The van der Waals surface area contributed by atoms with Gasteiger partial charge in [-0.15, -0.1) is 5.10 Å². The molecule has 0 fully saturated rings. The molecule has 0 aliphatic carbocycles. The van der Waals surface area contributed by atoms with Crippen molar-refractivity contribution in [3.8, 4) is 0 Å². The van der Waals surface area contributed by atoms with Crippen LogP contribution in [0.1, 0.15) is 0 Å². The van der Waals surface area contributed by atoms with Gasteiger partial charge in [-0.3, -0.25) is 5.43 Å². The molecule has 6 nitrogen and oxygen atoms in total. The molecular weight excluding hydrogens is 278 g/mol. The summed E-state index contributed by atoms with van der Waals surface area (Å²) in [6.07, 6.45) is 0.698. The third kappa shape index (κ3) is 5.79. The van der Waals surface area contributed by atoms with E-state index < -0.39 is 9.89 Å². The monoisotopic (exact) mass is 284 g/mol. The van der Waals surface area contributed by atoms with Crippen molar-refractivity contribution in [1.82, 2.24) is 15.6 Å². The first-order valence-electron chi connectivity index (χ1n) is 4.00. The predicted molar refractivity (Wildman–Crippen MR) is 60.4 cm³/mol. The summed E-state index contributed by atoms with van der Waals surface area (Å²) in [7, 11) is 0. The van der Waals surface area contributed by atoms with Crippen molar-refractivity contribution in [3.63, 3.8) is 0 Å². The molecule has 0 saturated carbocycles. The average Bonchev–Trinajstić information content (AvgIpc) is 2.24. The van der Waals surface area contributed by atoms with E-state index in [-0.39, 0.29) is 6.61 Å². The van der Waals surface area contributed by atoms with E-state index in [0.717, 1.165) is 0 Å². The molecule has 2 N–H and O–H groups in total. The minimum atomic E-state index is -1.64. The molecule has 1 heterocycles. The lowest BCUT2D eigenvalue weighted by Crippen LogP contribution is -2.32. The van der Waals surface area contributed by atoms with Crippen molar-refractivity contribution in [1.29, 1.82) is 0 Å². The number of amides is 1. The summed E-state index contributed by atoms with van der Waals surface area (Å²) in [5.74, 6) is 0.355. The number of hydrogen-bond acceptors (Lipinski definition) is 5. The van der Waals surface area contributed by atoms with Gasteiger partial charge >= 0.3 is 6.09 Å². The molecule has 0 radical (unpaired) electrons. The molecule has 1 rings (SSSR count). The van der Waals surface area contributed by atoms with Gasteiger partial charge in [-0.2, -0.15) is 5.10 Å². The second-order valence-corrected chi connectivity index (χ2v) is 5.07. The minimum Gasteiger partial charge on any atom is -0.444 e. The van der Waals surface area contributed by atoms with Crippen molar-refractivity contribution in [3.05, 3.63) is 18.3 Å². The number of ether oxygens (including phenoxy) is 1. The second kappa shape index (κ2) is 5.93. The number of nitrogens with zero attached hydrogens (tertiary/aromatic N) is 2. The topological polar surface area (TPSA) is 76.1 Å². The Morgan fingerprint density at radius 1 is 1.50 bits per heavy atom. The van der Waals surface area contributed by atoms with E-state index in [4.69, 9.17) is 34.8 Å². The second-order valence-electron chi connectivity index (χ2n) is 2.55. The van der Waals surface area contributed by atoms with E-state index in [9.17, 15) is 4.79 Å². The van der Waals surface area contributed by atoms with Crippen molar-refractivity contribution in [2.24, 2.45) is 0 Å². The predicted octanol–water partition coefficient (Wildman–Crippen LogP) is 1.90. The van der Waals surface area contributed by atoms with Crippen LogP contribution in [0.5, 0.6) is 0 Å². The summed E-state index contributed by atoms with van der Waals surface area (Å²) in [6.45, 7) is -0.356. The molecule has 0 aliphatic heterocycles. The maximum absolute atomic E-state index is 11.0. The van der Waals surface area contributed by atoms with Gasteiger partial charge in [0.2, 0.25) is 3.79 Å². The zero-order chi connectivity index (χ0) is 12.0. The average molecular weight is 286 g/mol. The molecule has 0 unspecified atom stereocenters. The maximum atomic E-state index is 11.0. The molecule has 1 aromatic heterocycles. The van der Waals surface area contributed by atoms with Crippen molar-refractivity contribution in [2.75, 3.05) is 12.0 Å². The van der Waals surface area contributed by atoms with Gasteiger partial charge in [0.05, 0.1) is 0 Å². The smallest absolute Gasteiger partial charge is 0.426 e. The molecule has 9 heteroatoms. The van der Waals surface area contributed by atoms with Crippen LogP contribution in [0.4, 0.5) is 10.6 Å². The lowest BCUT2D eigenvalue weighted by molar-refractivity contribution is 0.150. The molecule has 0 saturated heterocycles. The van der Waals surface area contributed by atoms with Crippen LogP contribution in [0.2, 0.25) is 0 Å². The Kier molecular flexibility index (Phi) is 4.85. The summed E-state index contributed by atoms with van der Waals surface area (Å²) >= 11 is 16.1. The van der Waals surface area contributed by atoms with Crippen molar-refractivity contribution < 1.29 is 9.53 Å². The number of nitrogens with one attached hydrogen (secondary N) is 2. The van der Waals surface area contributed by atoms with Gasteiger partial charge in [-0.05, 0) is 12.1 Å². The molecule has 0 bridgehead atoms. The molecular formula is C7H7Cl3N4O2. The summed E-state index contributed by atoms with van der Waals surface area (Å²) in [5, 5.41) is 7.23. The van der Waals surface area contributed by atoms with Crippen LogP contribution in [-0.4, -0.2) is 26.7 Å². The largest absolute Gasteiger partial charge is 0.444 e. The highest BCUT2D eigenvalue weighted by atomic mass is 35.6. The zero-order valence-corrected chi connectivity index (χ0v) is 10.1. The van der Waals surface area contributed by atoms with Gasteiger partial charge in [0.15, 0.2) is 5.82 Å². The van der Waals surface area contributed by atoms with E-state index in [1.807, 2.05) is 0 Å². The number of anilines is 1. The van der Waals surface area contributed by atoms with E-state index in [1.54, 1.807) is 12.1 Å². The van der Waals surface area contributed by atoms with Crippen LogP contribution in [0, 0.1) is 0 Å². The summed E-state index contributed by atoms with van der Waals surface area (Å²) in [6, 6.07) is 3.24.